The third-order valence-electron chi connectivity index (χ3n) is 7.52. The van der Waals surface area contributed by atoms with Crippen molar-refractivity contribution in [3.8, 4) is 5.75 Å². The number of ether oxygens (including phenoxy) is 1. The van der Waals surface area contributed by atoms with Gasteiger partial charge >= 0.3 is 0 Å². The van der Waals surface area contributed by atoms with E-state index in [1.165, 1.54) is 16.8 Å². The molecule has 0 bridgehead atoms. The highest BCUT2D eigenvalue weighted by Crippen LogP contribution is 2.47. The van der Waals surface area contributed by atoms with E-state index in [-0.39, 0.29) is 41.4 Å². The third kappa shape index (κ3) is 3.48. The number of fused-ring (bicyclic) bond motifs is 2. The van der Waals surface area contributed by atoms with Crippen molar-refractivity contribution in [1.29, 1.82) is 0 Å². The Balaban J connectivity index is 1.42. The molecule has 34 heavy (non-hydrogen) atoms. The fourth-order valence-corrected chi connectivity index (χ4v) is 5.50. The Morgan fingerprint density at radius 2 is 2.00 bits per heavy atom. The lowest BCUT2D eigenvalue weighted by molar-refractivity contribution is -0.171. The fourth-order valence-electron chi connectivity index (χ4n) is 5.50. The summed E-state index contributed by atoms with van der Waals surface area (Å²) in [6.07, 6.45) is 4.70. The molecule has 1 spiro atoms. The zero-order valence-corrected chi connectivity index (χ0v) is 18.6. The topological polar surface area (TPSA) is 101 Å². The summed E-state index contributed by atoms with van der Waals surface area (Å²) in [7, 11) is 0. The molecule has 1 aromatic heterocycles. The molecule has 1 aromatic carbocycles. The maximum absolute atomic E-state index is 13.9. The largest absolute Gasteiger partial charge is 0.503 e. The summed E-state index contributed by atoms with van der Waals surface area (Å²) in [6, 6.07) is 2.83. The van der Waals surface area contributed by atoms with Gasteiger partial charge in [0.1, 0.15) is 17.2 Å². The number of hydrogen-bond donors (Lipinski definition) is 2. The van der Waals surface area contributed by atoms with E-state index >= 15 is 0 Å². The van der Waals surface area contributed by atoms with Crippen LogP contribution in [0.3, 0.4) is 0 Å². The normalized spacial score (nSPS) is 23.0. The fraction of sp³-hybridized carbons (Fsp3) is 0.458. The highest BCUT2D eigenvalue weighted by Gasteiger charge is 2.52. The van der Waals surface area contributed by atoms with E-state index in [4.69, 9.17) is 4.74 Å². The molecule has 2 N–H and O–H groups in total. The van der Waals surface area contributed by atoms with Crippen LogP contribution in [0.5, 0.6) is 5.75 Å². The van der Waals surface area contributed by atoms with Crippen LogP contribution in [-0.2, 0) is 17.8 Å². The maximum atomic E-state index is 13.9. The van der Waals surface area contributed by atoms with Crippen LogP contribution in [0.1, 0.15) is 59.0 Å². The van der Waals surface area contributed by atoms with E-state index in [1.54, 1.807) is 4.90 Å². The Bertz CT molecular complexity index is 1240. The molecule has 1 saturated carbocycles. The minimum absolute atomic E-state index is 0.0355. The first-order chi connectivity index (χ1) is 16.2. The maximum Gasteiger partial charge on any atom is 0.276 e. The summed E-state index contributed by atoms with van der Waals surface area (Å²) in [4.78, 5) is 40.5. The van der Waals surface area contributed by atoms with Crippen LogP contribution in [0.4, 0.5) is 8.78 Å². The van der Waals surface area contributed by atoms with Gasteiger partial charge in [-0.1, -0.05) is 18.9 Å². The predicted octanol–water partition coefficient (Wildman–Crippen LogP) is 2.52. The van der Waals surface area contributed by atoms with E-state index in [1.807, 2.05) is 6.92 Å². The van der Waals surface area contributed by atoms with Gasteiger partial charge in [-0.2, -0.15) is 0 Å². The number of hydrogen-bond acceptors (Lipinski definition) is 5. The van der Waals surface area contributed by atoms with Crippen molar-refractivity contribution in [2.45, 2.75) is 58.0 Å². The molecule has 3 aliphatic rings. The molecule has 10 heteroatoms. The van der Waals surface area contributed by atoms with Crippen molar-refractivity contribution >= 4 is 11.8 Å². The lowest BCUT2D eigenvalue weighted by atomic mass is 9.77. The van der Waals surface area contributed by atoms with Gasteiger partial charge in [0.15, 0.2) is 17.7 Å². The van der Waals surface area contributed by atoms with E-state index < -0.39 is 40.9 Å². The second kappa shape index (κ2) is 8.19. The molecule has 2 aromatic rings. The lowest BCUT2D eigenvalue weighted by Crippen LogP contribution is -2.63. The van der Waals surface area contributed by atoms with Crippen molar-refractivity contribution in [3.63, 3.8) is 0 Å². The summed E-state index contributed by atoms with van der Waals surface area (Å²) >= 11 is 0. The molecule has 2 unspecified atom stereocenters. The van der Waals surface area contributed by atoms with Crippen molar-refractivity contribution in [2.75, 3.05) is 6.61 Å². The third-order valence-corrected chi connectivity index (χ3v) is 7.52. The van der Waals surface area contributed by atoms with Gasteiger partial charge in [0.25, 0.3) is 11.8 Å². The molecule has 1 saturated heterocycles. The van der Waals surface area contributed by atoms with E-state index in [0.717, 1.165) is 31.7 Å². The van der Waals surface area contributed by atoms with Crippen LogP contribution in [-0.4, -0.2) is 45.3 Å². The van der Waals surface area contributed by atoms with Crippen LogP contribution in [0, 0.1) is 17.0 Å². The highest BCUT2D eigenvalue weighted by atomic mass is 19.1. The molecule has 180 valence electrons. The van der Waals surface area contributed by atoms with Gasteiger partial charge in [0, 0.05) is 35.8 Å². The average molecular weight is 473 g/mol. The lowest BCUT2D eigenvalue weighted by Gasteiger charge is -2.52. The van der Waals surface area contributed by atoms with Crippen LogP contribution in [0.25, 0.3) is 0 Å². The SMILES string of the molecule is CC1N2C(=O)c3c(O)c(=O)c(C(=O)NCc4ccc(F)cc4F)cn3CC2OCC12CCCC2. The molecular weight excluding hydrogens is 448 g/mol. The summed E-state index contributed by atoms with van der Waals surface area (Å²) < 4.78 is 34.4. The number of halogens is 2. The number of amides is 2. The second-order valence-corrected chi connectivity index (χ2v) is 9.36. The number of carbonyl (C=O) groups excluding carboxylic acids is 2. The quantitative estimate of drug-likeness (QED) is 0.714. The zero-order chi connectivity index (χ0) is 24.2. The molecule has 8 nitrogen and oxygen atoms in total. The Morgan fingerprint density at radius 1 is 1.26 bits per heavy atom. The number of carbonyl (C=O) groups is 2. The van der Waals surface area contributed by atoms with Crippen LogP contribution < -0.4 is 10.7 Å². The second-order valence-electron chi connectivity index (χ2n) is 9.36. The van der Waals surface area contributed by atoms with Crippen LogP contribution in [0.2, 0.25) is 0 Å². The van der Waals surface area contributed by atoms with Gasteiger partial charge in [-0.05, 0) is 25.8 Å². The van der Waals surface area contributed by atoms with Gasteiger partial charge in [-0.3, -0.25) is 14.4 Å². The van der Waals surface area contributed by atoms with Crippen LogP contribution in [0.15, 0.2) is 29.2 Å². The molecule has 1 aliphatic carbocycles. The van der Waals surface area contributed by atoms with E-state index in [0.29, 0.717) is 12.7 Å². The minimum Gasteiger partial charge on any atom is -0.503 e. The standard InChI is InChI=1S/C24H25F2N3O5/c1-13-24(6-2-3-7-24)12-34-18-11-28-10-16(20(30)21(31)19(28)23(33)29(13)18)22(32)27-9-14-4-5-15(25)8-17(14)26/h4-5,8,10,13,18,31H,2-3,6-7,9,11-12H2,1H3,(H,27,32). The van der Waals surface area contributed by atoms with Gasteiger partial charge in [0.05, 0.1) is 13.2 Å². The number of aromatic nitrogens is 1. The molecule has 0 radical (unpaired) electrons. The average Bonchev–Trinajstić information content (AvgIpc) is 3.27. The smallest absolute Gasteiger partial charge is 0.276 e. The van der Waals surface area contributed by atoms with Gasteiger partial charge in [-0.15, -0.1) is 0 Å². The van der Waals surface area contributed by atoms with Crippen LogP contribution >= 0.6 is 0 Å². The number of pyridine rings is 1. The Kier molecular flexibility index (Phi) is 5.43. The highest BCUT2D eigenvalue weighted by molar-refractivity contribution is 5.99. The summed E-state index contributed by atoms with van der Waals surface area (Å²) in [5, 5.41) is 13.0. The molecule has 5 rings (SSSR count). The summed E-state index contributed by atoms with van der Waals surface area (Å²) in [5.74, 6) is -3.74. The predicted molar refractivity (Wildman–Crippen MR) is 116 cm³/mol. The molecule has 2 aliphatic heterocycles. The molecule has 3 heterocycles. The minimum atomic E-state index is -0.990. The van der Waals surface area contributed by atoms with Crippen molar-refractivity contribution in [3.05, 3.63) is 63.1 Å². The zero-order valence-electron chi connectivity index (χ0n) is 18.6. The van der Waals surface area contributed by atoms with Crippen molar-refractivity contribution < 1.29 is 28.2 Å². The van der Waals surface area contributed by atoms with E-state index in [9.17, 15) is 28.3 Å². The Hall–Kier alpha value is -3.27. The first-order valence-corrected chi connectivity index (χ1v) is 11.3. The number of nitrogens with one attached hydrogen (secondary N) is 1. The number of rotatable bonds is 3. The van der Waals surface area contributed by atoms with Crippen molar-refractivity contribution in [1.82, 2.24) is 14.8 Å². The molecule has 2 fully saturated rings. The van der Waals surface area contributed by atoms with Gasteiger partial charge in [0.2, 0.25) is 5.43 Å². The first kappa shape index (κ1) is 22.5. The Morgan fingerprint density at radius 3 is 2.71 bits per heavy atom. The van der Waals surface area contributed by atoms with Gasteiger partial charge in [-0.25, -0.2) is 8.78 Å². The molecular formula is C24H25F2N3O5. The number of benzene rings is 1. The van der Waals surface area contributed by atoms with E-state index in [2.05, 4.69) is 5.32 Å². The molecule has 2 amide bonds. The number of aromatic hydroxyl groups is 1. The molecule has 2 atom stereocenters. The summed E-state index contributed by atoms with van der Waals surface area (Å²) in [5.41, 5.74) is -1.64. The number of nitrogens with zero attached hydrogens (tertiary/aromatic N) is 2. The summed E-state index contributed by atoms with van der Waals surface area (Å²) in [6.45, 7) is 2.38. The van der Waals surface area contributed by atoms with Crippen molar-refractivity contribution in [2.24, 2.45) is 5.41 Å². The first-order valence-electron chi connectivity index (χ1n) is 11.3. The Labute approximate surface area is 194 Å². The van der Waals surface area contributed by atoms with Gasteiger partial charge < -0.3 is 24.6 Å². The monoisotopic (exact) mass is 473 g/mol.